The molecule has 0 N–H and O–H groups in total. The molecule has 0 aliphatic carbocycles. The summed E-state index contributed by atoms with van der Waals surface area (Å²) >= 11 is 3.26. The lowest BCUT2D eigenvalue weighted by Gasteiger charge is -2.16. The van der Waals surface area contributed by atoms with Crippen LogP contribution in [0.25, 0.3) is 0 Å². The minimum absolute atomic E-state index is 0.0301. The summed E-state index contributed by atoms with van der Waals surface area (Å²) in [4.78, 5) is 34.5. The monoisotopic (exact) mass is 312 g/mol. The first-order valence-corrected chi connectivity index (χ1v) is 5.96. The summed E-state index contributed by atoms with van der Waals surface area (Å²) in [7, 11) is 0. The largest absolute Gasteiger partial charge is 0.303 e. The van der Waals surface area contributed by atoms with E-state index in [2.05, 4.69) is 15.9 Å². The number of amides is 1. The minimum atomic E-state index is -0.506. The standard InChI is InChI=1S/C11H9BrN2O4/c1-6-2-8(12)10(4-9(6)14(17)18)13-5-7(15)3-11(13)16/h2,4H,3,5H2,1H3. The van der Waals surface area contributed by atoms with Crippen LogP contribution in [0, 0.1) is 17.0 Å². The molecule has 18 heavy (non-hydrogen) atoms. The molecule has 1 saturated heterocycles. The van der Waals surface area contributed by atoms with Gasteiger partial charge < -0.3 is 4.90 Å². The molecule has 1 aromatic rings. The lowest BCUT2D eigenvalue weighted by molar-refractivity contribution is -0.385. The number of carbonyl (C=O) groups excluding carboxylic acids is 2. The SMILES string of the molecule is Cc1cc(Br)c(N2CC(=O)CC2=O)cc1[N+](=O)[O-]. The molecular formula is C11H9BrN2O4. The van der Waals surface area contributed by atoms with Gasteiger partial charge in [-0.3, -0.25) is 19.7 Å². The summed E-state index contributed by atoms with van der Waals surface area (Å²) in [5.41, 5.74) is 0.789. The van der Waals surface area contributed by atoms with E-state index in [0.717, 1.165) is 0 Å². The highest BCUT2D eigenvalue weighted by Gasteiger charge is 2.31. The summed E-state index contributed by atoms with van der Waals surface area (Å²) in [5, 5.41) is 10.9. The number of benzene rings is 1. The number of carbonyl (C=O) groups is 2. The second-order valence-electron chi connectivity index (χ2n) is 4.04. The molecule has 0 bridgehead atoms. The van der Waals surface area contributed by atoms with Crippen LogP contribution in [0.5, 0.6) is 0 Å². The Morgan fingerprint density at radius 1 is 1.39 bits per heavy atom. The van der Waals surface area contributed by atoms with Gasteiger partial charge in [-0.2, -0.15) is 0 Å². The van der Waals surface area contributed by atoms with Crippen molar-refractivity contribution >= 4 is 39.0 Å². The third kappa shape index (κ3) is 2.13. The molecule has 1 fully saturated rings. The first kappa shape index (κ1) is 12.7. The first-order chi connectivity index (χ1) is 8.40. The molecule has 2 rings (SSSR count). The Labute approximate surface area is 111 Å². The number of ketones is 1. The van der Waals surface area contributed by atoms with Crippen molar-refractivity contribution in [3.63, 3.8) is 0 Å². The van der Waals surface area contributed by atoms with Gasteiger partial charge in [0.2, 0.25) is 5.91 Å². The third-order valence-electron chi connectivity index (χ3n) is 2.74. The predicted molar refractivity (Wildman–Crippen MR) is 67.5 cm³/mol. The molecule has 1 aliphatic rings. The van der Waals surface area contributed by atoms with E-state index in [0.29, 0.717) is 15.7 Å². The van der Waals surface area contributed by atoms with Crippen LogP contribution in [0.2, 0.25) is 0 Å². The third-order valence-corrected chi connectivity index (χ3v) is 3.37. The zero-order valence-electron chi connectivity index (χ0n) is 9.47. The van der Waals surface area contributed by atoms with Crippen molar-refractivity contribution in [2.75, 3.05) is 11.4 Å². The second kappa shape index (κ2) is 4.49. The lowest BCUT2D eigenvalue weighted by Crippen LogP contribution is -2.25. The van der Waals surface area contributed by atoms with Gasteiger partial charge in [0.15, 0.2) is 5.78 Å². The van der Waals surface area contributed by atoms with Gasteiger partial charge in [0.25, 0.3) is 5.69 Å². The van der Waals surface area contributed by atoms with Gasteiger partial charge in [-0.1, -0.05) is 0 Å². The highest BCUT2D eigenvalue weighted by atomic mass is 79.9. The van der Waals surface area contributed by atoms with Crippen LogP contribution in [0.3, 0.4) is 0 Å². The Hall–Kier alpha value is -1.76. The van der Waals surface area contributed by atoms with E-state index >= 15 is 0 Å². The summed E-state index contributed by atoms with van der Waals surface area (Å²) < 4.78 is 0.564. The van der Waals surface area contributed by atoms with E-state index in [1.165, 1.54) is 11.0 Å². The zero-order valence-corrected chi connectivity index (χ0v) is 11.1. The molecule has 6 nitrogen and oxygen atoms in total. The Morgan fingerprint density at radius 3 is 2.56 bits per heavy atom. The van der Waals surface area contributed by atoms with Gasteiger partial charge in [0.1, 0.15) is 0 Å². The highest BCUT2D eigenvalue weighted by Crippen LogP contribution is 2.34. The second-order valence-corrected chi connectivity index (χ2v) is 4.90. The van der Waals surface area contributed by atoms with Gasteiger partial charge in [0.05, 0.1) is 23.6 Å². The van der Waals surface area contributed by atoms with Crippen LogP contribution in [0.15, 0.2) is 16.6 Å². The Kier molecular flexibility index (Phi) is 3.16. The average Bonchev–Trinajstić information content (AvgIpc) is 2.57. The number of Topliss-reactive ketones (excluding diaryl/α,β-unsaturated/α-hetero) is 1. The Morgan fingerprint density at radius 2 is 2.06 bits per heavy atom. The molecule has 1 heterocycles. The summed E-state index contributed by atoms with van der Waals surface area (Å²) in [6, 6.07) is 2.89. The fraction of sp³-hybridized carbons (Fsp3) is 0.273. The van der Waals surface area contributed by atoms with Gasteiger partial charge in [-0.25, -0.2) is 0 Å². The van der Waals surface area contributed by atoms with E-state index in [1.807, 2.05) is 0 Å². The quantitative estimate of drug-likeness (QED) is 0.475. The number of hydrogen-bond acceptors (Lipinski definition) is 4. The topological polar surface area (TPSA) is 80.5 Å². The van der Waals surface area contributed by atoms with Crippen molar-refractivity contribution in [2.45, 2.75) is 13.3 Å². The Bertz CT molecular complexity index is 570. The number of anilines is 1. The molecule has 1 amide bonds. The van der Waals surface area contributed by atoms with Gasteiger partial charge in [-0.05, 0) is 28.9 Å². The maximum Gasteiger partial charge on any atom is 0.274 e. The Balaban J connectivity index is 2.51. The van der Waals surface area contributed by atoms with E-state index in [4.69, 9.17) is 0 Å². The number of aryl methyl sites for hydroxylation is 1. The van der Waals surface area contributed by atoms with Crippen molar-refractivity contribution in [3.8, 4) is 0 Å². The van der Waals surface area contributed by atoms with E-state index in [1.54, 1.807) is 13.0 Å². The van der Waals surface area contributed by atoms with Crippen LogP contribution in [-0.2, 0) is 9.59 Å². The normalized spacial score (nSPS) is 15.3. The average molecular weight is 313 g/mol. The molecule has 0 radical (unpaired) electrons. The van der Waals surface area contributed by atoms with Crippen LogP contribution in [0.1, 0.15) is 12.0 Å². The fourth-order valence-corrected chi connectivity index (χ4v) is 2.53. The molecule has 1 aromatic carbocycles. The highest BCUT2D eigenvalue weighted by molar-refractivity contribution is 9.10. The molecule has 94 valence electrons. The van der Waals surface area contributed by atoms with Gasteiger partial charge in [-0.15, -0.1) is 0 Å². The van der Waals surface area contributed by atoms with Crippen molar-refractivity contribution in [1.82, 2.24) is 0 Å². The summed E-state index contributed by atoms with van der Waals surface area (Å²) in [6.45, 7) is 1.58. The van der Waals surface area contributed by atoms with E-state index in [-0.39, 0.29) is 30.3 Å². The van der Waals surface area contributed by atoms with Crippen molar-refractivity contribution in [2.24, 2.45) is 0 Å². The fourth-order valence-electron chi connectivity index (χ4n) is 1.86. The van der Waals surface area contributed by atoms with Gasteiger partial charge in [0, 0.05) is 16.1 Å². The number of nitro benzene ring substituents is 1. The molecular weight excluding hydrogens is 304 g/mol. The molecule has 1 aliphatic heterocycles. The van der Waals surface area contributed by atoms with E-state index in [9.17, 15) is 19.7 Å². The van der Waals surface area contributed by atoms with Crippen LogP contribution in [0.4, 0.5) is 11.4 Å². The van der Waals surface area contributed by atoms with Crippen LogP contribution in [-0.4, -0.2) is 23.2 Å². The zero-order chi connectivity index (χ0) is 13.4. The molecule has 0 spiro atoms. The number of halogens is 1. The molecule has 0 unspecified atom stereocenters. The summed E-state index contributed by atoms with van der Waals surface area (Å²) in [6.07, 6.45) is -0.145. The first-order valence-electron chi connectivity index (χ1n) is 5.16. The number of nitro groups is 1. The smallest absolute Gasteiger partial charge is 0.274 e. The maximum absolute atomic E-state index is 11.6. The number of hydrogen-bond donors (Lipinski definition) is 0. The molecule has 0 aromatic heterocycles. The van der Waals surface area contributed by atoms with Crippen LogP contribution >= 0.6 is 15.9 Å². The molecule has 7 heteroatoms. The van der Waals surface area contributed by atoms with Crippen molar-refractivity contribution < 1.29 is 14.5 Å². The minimum Gasteiger partial charge on any atom is -0.303 e. The van der Waals surface area contributed by atoms with Gasteiger partial charge >= 0.3 is 0 Å². The number of rotatable bonds is 2. The maximum atomic E-state index is 11.6. The predicted octanol–water partition coefficient (Wildman–Crippen LogP) is 1.97. The summed E-state index contributed by atoms with van der Waals surface area (Å²) in [5.74, 6) is -0.519. The lowest BCUT2D eigenvalue weighted by atomic mass is 10.1. The molecule has 0 saturated carbocycles. The van der Waals surface area contributed by atoms with Crippen molar-refractivity contribution in [3.05, 3.63) is 32.3 Å². The molecule has 0 atom stereocenters. The van der Waals surface area contributed by atoms with E-state index < -0.39 is 4.92 Å². The number of nitrogens with zero attached hydrogens (tertiary/aromatic N) is 2. The van der Waals surface area contributed by atoms with Crippen LogP contribution < -0.4 is 4.90 Å². The van der Waals surface area contributed by atoms with Crippen molar-refractivity contribution in [1.29, 1.82) is 0 Å².